The van der Waals surface area contributed by atoms with E-state index in [1.54, 1.807) is 0 Å². The number of hydrogen-bond donors (Lipinski definition) is 0. The third-order valence-electron chi connectivity index (χ3n) is 2.56. The molecule has 1 saturated heterocycles. The molecule has 18 heavy (non-hydrogen) atoms. The summed E-state index contributed by atoms with van der Waals surface area (Å²) in [4.78, 5) is 0. The van der Waals surface area contributed by atoms with Gasteiger partial charge in [-0.1, -0.05) is 20.3 Å². The third-order valence-corrected chi connectivity index (χ3v) is 13.1. The van der Waals surface area contributed by atoms with E-state index < -0.39 is 26.9 Å². The molecule has 3 unspecified atom stereocenters. The zero-order valence-electron chi connectivity index (χ0n) is 12.2. The molecule has 0 spiro atoms. The van der Waals surface area contributed by atoms with E-state index in [1.165, 1.54) is 0 Å². The van der Waals surface area contributed by atoms with E-state index >= 15 is 0 Å². The molecule has 0 radical (unpaired) electrons. The van der Waals surface area contributed by atoms with Crippen LogP contribution in [0.1, 0.15) is 33.1 Å². The van der Waals surface area contributed by atoms with Crippen molar-refractivity contribution in [2.24, 2.45) is 0 Å². The Kier molecular flexibility index (Phi) is 6.69. The Morgan fingerprint density at radius 1 is 0.944 bits per heavy atom. The predicted octanol–water partition coefficient (Wildman–Crippen LogP) is 2.28. The molecule has 0 N–H and O–H groups in total. The van der Waals surface area contributed by atoms with Crippen molar-refractivity contribution in [2.45, 2.75) is 52.8 Å². The van der Waals surface area contributed by atoms with Crippen LogP contribution >= 0.6 is 0 Å². The van der Waals surface area contributed by atoms with Crippen LogP contribution in [0.2, 0.25) is 19.6 Å². The number of unbranched alkanes of at least 4 members (excludes halogenated alkanes) is 1. The smallest absolute Gasteiger partial charge is 0.396 e. The van der Waals surface area contributed by atoms with E-state index in [1.807, 2.05) is 19.6 Å². The maximum Gasteiger partial charge on any atom is 0.481 e. The average Bonchev–Trinajstić information content (AvgIpc) is 2.25. The molecule has 1 aliphatic heterocycles. The van der Waals surface area contributed by atoms with E-state index in [2.05, 4.69) is 13.8 Å². The van der Waals surface area contributed by atoms with E-state index in [0.29, 0.717) is 13.2 Å². The molecule has 3 atom stereocenters. The van der Waals surface area contributed by atoms with Crippen LogP contribution in [-0.4, -0.2) is 40.1 Å². The maximum atomic E-state index is 6.00. The Bertz CT molecular complexity index is 258. The molecule has 1 heterocycles. The zero-order chi connectivity index (χ0) is 13.6. The van der Waals surface area contributed by atoms with Crippen LogP contribution in [0.4, 0.5) is 0 Å². The highest BCUT2D eigenvalue weighted by Crippen LogP contribution is 2.26. The van der Waals surface area contributed by atoms with Crippen LogP contribution in [0.3, 0.4) is 0 Å². The van der Waals surface area contributed by atoms with Gasteiger partial charge in [0.05, 0.1) is 0 Å². The van der Waals surface area contributed by atoms with Crippen molar-refractivity contribution in [3.05, 3.63) is 0 Å². The van der Waals surface area contributed by atoms with Crippen molar-refractivity contribution in [3.8, 4) is 0 Å². The van der Waals surface area contributed by atoms with Gasteiger partial charge in [0.25, 0.3) is 0 Å². The van der Waals surface area contributed by atoms with Gasteiger partial charge in [0.2, 0.25) is 0 Å². The molecule has 1 fully saturated rings. The lowest BCUT2D eigenvalue weighted by Crippen LogP contribution is -2.64. The highest BCUT2D eigenvalue weighted by molar-refractivity contribution is 6.83. The summed E-state index contributed by atoms with van der Waals surface area (Å²) in [7, 11) is -6.78. The molecule has 5 nitrogen and oxygen atoms in total. The van der Waals surface area contributed by atoms with Gasteiger partial charge in [0.15, 0.2) is 0 Å². The number of hydrogen-bond acceptors (Lipinski definition) is 5. The molecule has 0 saturated carbocycles. The van der Waals surface area contributed by atoms with Gasteiger partial charge in [0.1, 0.15) is 0 Å². The summed E-state index contributed by atoms with van der Waals surface area (Å²) in [5.41, 5.74) is 0. The molecule has 0 aromatic heterocycles. The first-order chi connectivity index (χ1) is 8.43. The van der Waals surface area contributed by atoms with Gasteiger partial charge in [0, 0.05) is 26.3 Å². The minimum atomic E-state index is -2.55. The van der Waals surface area contributed by atoms with E-state index in [9.17, 15) is 0 Å². The van der Waals surface area contributed by atoms with Crippen LogP contribution in [0.5, 0.6) is 0 Å². The van der Waals surface area contributed by atoms with Crippen molar-refractivity contribution < 1.29 is 21.2 Å². The largest absolute Gasteiger partial charge is 0.481 e. The molecule has 1 aliphatic rings. The van der Waals surface area contributed by atoms with Gasteiger partial charge in [-0.25, -0.2) is 0 Å². The maximum absolute atomic E-state index is 6.00. The van der Waals surface area contributed by atoms with Gasteiger partial charge < -0.3 is 21.2 Å². The molecule has 0 aromatic carbocycles. The lowest BCUT2D eigenvalue weighted by atomic mass is 10.4. The Hall–Kier alpha value is 0.451. The Balaban J connectivity index is 2.57. The van der Waals surface area contributed by atoms with Crippen LogP contribution < -0.4 is 0 Å². The van der Waals surface area contributed by atoms with Crippen molar-refractivity contribution in [2.75, 3.05) is 13.2 Å². The molecule has 0 aromatic rings. The molecule has 0 aliphatic carbocycles. The Morgan fingerprint density at radius 3 is 2.00 bits per heavy atom. The average molecular weight is 311 g/mol. The molecular weight excluding hydrogens is 284 g/mol. The Labute approximate surface area is 114 Å². The predicted molar refractivity (Wildman–Crippen MR) is 76.6 cm³/mol. The minimum Gasteiger partial charge on any atom is -0.396 e. The van der Waals surface area contributed by atoms with Crippen LogP contribution in [0.15, 0.2) is 0 Å². The molecule has 1 rings (SSSR count). The summed E-state index contributed by atoms with van der Waals surface area (Å²) < 4.78 is 29.4. The normalized spacial score (nSPS) is 36.8. The fourth-order valence-corrected chi connectivity index (χ4v) is 13.3. The second-order valence-corrected chi connectivity index (χ2v) is 12.5. The second kappa shape index (κ2) is 7.29. The third kappa shape index (κ3) is 5.21. The lowest BCUT2D eigenvalue weighted by Gasteiger charge is -2.42. The SMILES string of the molecule is CCCCO[Si]1(C)O[SiH](C)O[Si](C)(OCCC)O1. The highest BCUT2D eigenvalue weighted by Gasteiger charge is 2.54. The van der Waals surface area contributed by atoms with Crippen LogP contribution in [0, 0.1) is 0 Å². The van der Waals surface area contributed by atoms with Crippen LogP contribution in [-0.2, 0) is 21.2 Å². The van der Waals surface area contributed by atoms with E-state index in [0.717, 1.165) is 19.3 Å². The highest BCUT2D eigenvalue weighted by atomic mass is 28.5. The van der Waals surface area contributed by atoms with Gasteiger partial charge in [-0.05, 0) is 19.4 Å². The van der Waals surface area contributed by atoms with Crippen LogP contribution in [0.25, 0.3) is 0 Å². The molecule has 0 amide bonds. The first kappa shape index (κ1) is 16.5. The monoisotopic (exact) mass is 310 g/mol. The topological polar surface area (TPSA) is 46.2 Å². The lowest BCUT2D eigenvalue weighted by molar-refractivity contribution is 0.0690. The standard InChI is InChI=1S/C10H26O5Si3/c1-6-8-10-12-18(5)14-16(3)13-17(4,15-18)11-9-7-2/h16H,6-10H2,1-5H3. The van der Waals surface area contributed by atoms with Crippen molar-refractivity contribution in [3.63, 3.8) is 0 Å². The quantitative estimate of drug-likeness (QED) is 0.533. The summed E-state index contributed by atoms with van der Waals surface area (Å²) in [6.07, 6.45) is 3.09. The van der Waals surface area contributed by atoms with Gasteiger partial charge in [-0.2, -0.15) is 0 Å². The van der Waals surface area contributed by atoms with E-state index in [-0.39, 0.29) is 0 Å². The fraction of sp³-hybridized carbons (Fsp3) is 1.00. The van der Waals surface area contributed by atoms with E-state index in [4.69, 9.17) is 21.2 Å². The molecule has 0 bridgehead atoms. The Morgan fingerprint density at radius 2 is 1.50 bits per heavy atom. The van der Waals surface area contributed by atoms with Crippen molar-refractivity contribution in [1.29, 1.82) is 0 Å². The first-order valence-corrected chi connectivity index (χ1v) is 13.3. The van der Waals surface area contributed by atoms with Crippen molar-refractivity contribution >= 4 is 26.9 Å². The molecule has 8 heteroatoms. The van der Waals surface area contributed by atoms with Gasteiger partial charge in [-0.15, -0.1) is 0 Å². The summed E-state index contributed by atoms with van der Waals surface area (Å²) in [6.45, 7) is 11.5. The fourth-order valence-electron chi connectivity index (χ4n) is 1.83. The van der Waals surface area contributed by atoms with Gasteiger partial charge >= 0.3 is 26.9 Å². The minimum absolute atomic E-state index is 0.670. The number of rotatable bonds is 7. The zero-order valence-corrected chi connectivity index (χ0v) is 15.3. The summed E-state index contributed by atoms with van der Waals surface area (Å²) in [6, 6.07) is 0. The van der Waals surface area contributed by atoms with Crippen molar-refractivity contribution in [1.82, 2.24) is 0 Å². The molecular formula is C10H26O5Si3. The van der Waals surface area contributed by atoms with Gasteiger partial charge in [-0.3, -0.25) is 0 Å². The summed E-state index contributed by atoms with van der Waals surface area (Å²) in [5.74, 6) is 0. The molecule has 108 valence electrons. The summed E-state index contributed by atoms with van der Waals surface area (Å²) >= 11 is 0. The summed E-state index contributed by atoms with van der Waals surface area (Å²) in [5, 5.41) is 0. The second-order valence-electron chi connectivity index (χ2n) is 4.68. The first-order valence-electron chi connectivity index (χ1n) is 6.77.